The van der Waals surface area contributed by atoms with Crippen LogP contribution in [0.5, 0.6) is 0 Å². The minimum Gasteiger partial charge on any atom is -0.371 e. The monoisotopic (exact) mass is 423 g/mol. The normalized spacial score (nSPS) is 15.7. The van der Waals surface area contributed by atoms with Gasteiger partial charge in [0, 0.05) is 30.5 Å². The number of aryl methyl sites for hydroxylation is 1. The van der Waals surface area contributed by atoms with E-state index in [9.17, 15) is 0 Å². The van der Waals surface area contributed by atoms with E-state index in [1.54, 1.807) is 0 Å². The first-order valence-electron chi connectivity index (χ1n) is 10.7. The van der Waals surface area contributed by atoms with Gasteiger partial charge >= 0.3 is 0 Å². The molecule has 2 aromatic carbocycles. The van der Waals surface area contributed by atoms with Crippen molar-refractivity contribution in [1.29, 1.82) is 0 Å². The molecule has 1 aliphatic heterocycles. The summed E-state index contributed by atoms with van der Waals surface area (Å²) in [6.07, 6.45) is 2.46. The Morgan fingerprint density at radius 3 is 2.65 bits per heavy atom. The molecule has 1 aliphatic rings. The van der Waals surface area contributed by atoms with E-state index in [-0.39, 0.29) is 0 Å². The van der Waals surface area contributed by atoms with Gasteiger partial charge < -0.3 is 25.4 Å². The van der Waals surface area contributed by atoms with Gasteiger partial charge in [-0.15, -0.1) is 0 Å². The average Bonchev–Trinajstić information content (AvgIpc) is 2.76. The molecule has 0 radical (unpaired) electrons. The summed E-state index contributed by atoms with van der Waals surface area (Å²) in [5.74, 6) is 0.892. The third-order valence-corrected chi connectivity index (χ3v) is 5.18. The zero-order valence-corrected chi connectivity index (χ0v) is 18.6. The molecule has 0 amide bonds. The average molecular weight is 424 g/mol. The lowest BCUT2D eigenvalue weighted by Crippen LogP contribution is -2.43. The van der Waals surface area contributed by atoms with Crippen molar-refractivity contribution in [3.8, 4) is 0 Å². The van der Waals surface area contributed by atoms with Crippen molar-refractivity contribution >= 4 is 11.4 Å². The van der Waals surface area contributed by atoms with Gasteiger partial charge in [-0.1, -0.05) is 30.3 Å². The van der Waals surface area contributed by atoms with Crippen LogP contribution in [-0.2, 0) is 15.9 Å². The molecule has 5 N–H and O–H groups in total. The SMILES string of the molecule is CCOCOCNc1ccc(CCNC2=CC(c3cccc(C)c3C)=NC(N)N2)cc1. The predicted molar refractivity (Wildman–Crippen MR) is 126 cm³/mol. The minimum atomic E-state index is -0.460. The van der Waals surface area contributed by atoms with Crippen LogP contribution in [0.15, 0.2) is 59.4 Å². The van der Waals surface area contributed by atoms with Crippen LogP contribution in [0.4, 0.5) is 5.69 Å². The third kappa shape index (κ3) is 6.82. The molecule has 0 fully saturated rings. The number of aliphatic imine (C=N–C) groups is 1. The van der Waals surface area contributed by atoms with Gasteiger partial charge in [-0.25, -0.2) is 4.99 Å². The van der Waals surface area contributed by atoms with E-state index in [4.69, 9.17) is 15.2 Å². The molecule has 7 nitrogen and oxygen atoms in total. The highest BCUT2D eigenvalue weighted by atomic mass is 16.7. The Morgan fingerprint density at radius 1 is 1.06 bits per heavy atom. The quantitative estimate of drug-likeness (QED) is 0.328. The molecule has 0 aromatic heterocycles. The highest BCUT2D eigenvalue weighted by Gasteiger charge is 2.15. The van der Waals surface area contributed by atoms with Crippen molar-refractivity contribution in [1.82, 2.24) is 10.6 Å². The Morgan fingerprint density at radius 2 is 1.87 bits per heavy atom. The summed E-state index contributed by atoms with van der Waals surface area (Å²) in [5.41, 5.74) is 12.9. The van der Waals surface area contributed by atoms with Crippen LogP contribution in [-0.4, -0.2) is 38.7 Å². The number of ether oxygens (including phenoxy) is 2. The number of nitrogens with zero attached hydrogens (tertiary/aromatic N) is 1. The van der Waals surface area contributed by atoms with Crippen LogP contribution in [0.25, 0.3) is 0 Å². The Bertz CT molecular complexity index is 909. The maximum atomic E-state index is 6.10. The number of benzene rings is 2. The van der Waals surface area contributed by atoms with E-state index in [1.165, 1.54) is 16.7 Å². The summed E-state index contributed by atoms with van der Waals surface area (Å²) < 4.78 is 10.5. The Kier molecular flexibility index (Phi) is 8.46. The maximum Gasteiger partial charge on any atom is 0.173 e. The first kappa shape index (κ1) is 22.8. The van der Waals surface area contributed by atoms with E-state index in [1.807, 2.05) is 13.0 Å². The fourth-order valence-electron chi connectivity index (χ4n) is 3.28. The number of allylic oxidation sites excluding steroid dienone is 1. The van der Waals surface area contributed by atoms with Crippen molar-refractivity contribution in [3.63, 3.8) is 0 Å². The molecule has 0 aliphatic carbocycles. The molecular weight excluding hydrogens is 390 g/mol. The fraction of sp³-hybridized carbons (Fsp3) is 0.375. The van der Waals surface area contributed by atoms with Gasteiger partial charge in [0.05, 0.1) is 5.71 Å². The summed E-state index contributed by atoms with van der Waals surface area (Å²) >= 11 is 0. The third-order valence-electron chi connectivity index (χ3n) is 5.18. The zero-order valence-electron chi connectivity index (χ0n) is 18.6. The second-order valence-electron chi connectivity index (χ2n) is 7.42. The van der Waals surface area contributed by atoms with Crippen molar-refractivity contribution in [2.75, 3.05) is 32.0 Å². The predicted octanol–water partition coefficient (Wildman–Crippen LogP) is 2.99. The zero-order chi connectivity index (χ0) is 22.1. The lowest BCUT2D eigenvalue weighted by Gasteiger charge is -2.23. The molecule has 0 saturated carbocycles. The molecule has 0 bridgehead atoms. The van der Waals surface area contributed by atoms with Gasteiger partial charge in [0.15, 0.2) is 6.29 Å². The number of nitrogens with two attached hydrogens (primary N) is 1. The molecule has 3 rings (SSSR count). The molecule has 1 heterocycles. The minimum absolute atomic E-state index is 0.302. The smallest absolute Gasteiger partial charge is 0.173 e. The molecule has 2 aromatic rings. The van der Waals surface area contributed by atoms with Crippen LogP contribution in [0.2, 0.25) is 0 Å². The van der Waals surface area contributed by atoms with Crippen molar-refractivity contribution < 1.29 is 9.47 Å². The molecule has 31 heavy (non-hydrogen) atoms. The van der Waals surface area contributed by atoms with Crippen LogP contribution < -0.4 is 21.7 Å². The number of hydrogen-bond acceptors (Lipinski definition) is 7. The highest BCUT2D eigenvalue weighted by Crippen LogP contribution is 2.17. The summed E-state index contributed by atoms with van der Waals surface area (Å²) in [6.45, 7) is 8.33. The summed E-state index contributed by atoms with van der Waals surface area (Å²) in [5, 5.41) is 9.84. The maximum absolute atomic E-state index is 6.10. The second-order valence-corrected chi connectivity index (χ2v) is 7.42. The molecule has 1 atom stereocenters. The largest absolute Gasteiger partial charge is 0.371 e. The summed E-state index contributed by atoms with van der Waals surface area (Å²) in [4.78, 5) is 4.56. The Labute approximate surface area is 184 Å². The van der Waals surface area contributed by atoms with E-state index in [2.05, 4.69) is 77.3 Å². The van der Waals surface area contributed by atoms with Crippen molar-refractivity contribution in [2.24, 2.45) is 10.7 Å². The molecular formula is C24H33N5O2. The molecule has 166 valence electrons. The van der Waals surface area contributed by atoms with E-state index in [0.29, 0.717) is 20.1 Å². The number of anilines is 1. The highest BCUT2D eigenvalue weighted by molar-refractivity contribution is 6.10. The first-order chi connectivity index (χ1) is 15.1. The lowest BCUT2D eigenvalue weighted by atomic mass is 9.99. The summed E-state index contributed by atoms with van der Waals surface area (Å²) in [7, 11) is 0. The second kappa shape index (κ2) is 11.5. The van der Waals surface area contributed by atoms with Gasteiger partial charge in [-0.05, 0) is 56.0 Å². The topological polar surface area (TPSA) is 92.9 Å². The molecule has 0 saturated heterocycles. The van der Waals surface area contributed by atoms with Crippen LogP contribution >= 0.6 is 0 Å². The van der Waals surface area contributed by atoms with E-state index < -0.39 is 6.29 Å². The summed E-state index contributed by atoms with van der Waals surface area (Å²) in [6, 6.07) is 14.6. The molecule has 1 unspecified atom stereocenters. The Balaban J connectivity index is 1.50. The van der Waals surface area contributed by atoms with Crippen LogP contribution in [0.1, 0.15) is 29.2 Å². The standard InChI is InChI=1S/C24H33N5O2/c1-4-30-16-31-15-27-20-10-8-19(9-11-20)12-13-26-23-14-22(28-24(25)29-23)21-7-5-6-17(2)18(21)3/h5-11,14,24,26-27,29H,4,12-13,15-16,25H2,1-3H3. The van der Waals surface area contributed by atoms with Crippen molar-refractivity contribution in [3.05, 3.63) is 76.6 Å². The van der Waals surface area contributed by atoms with Gasteiger partial charge in [0.2, 0.25) is 0 Å². The van der Waals surface area contributed by atoms with E-state index in [0.717, 1.165) is 35.7 Å². The lowest BCUT2D eigenvalue weighted by molar-refractivity contribution is -0.0426. The molecule has 0 spiro atoms. The van der Waals surface area contributed by atoms with Crippen LogP contribution in [0.3, 0.4) is 0 Å². The first-order valence-corrected chi connectivity index (χ1v) is 10.7. The van der Waals surface area contributed by atoms with Gasteiger partial charge in [0.1, 0.15) is 19.3 Å². The van der Waals surface area contributed by atoms with Gasteiger partial charge in [-0.3, -0.25) is 5.73 Å². The van der Waals surface area contributed by atoms with Crippen LogP contribution in [0, 0.1) is 13.8 Å². The van der Waals surface area contributed by atoms with Crippen molar-refractivity contribution in [2.45, 2.75) is 33.5 Å². The number of nitrogens with one attached hydrogen (secondary N) is 3. The van der Waals surface area contributed by atoms with Gasteiger partial charge in [0.25, 0.3) is 0 Å². The number of hydrogen-bond donors (Lipinski definition) is 4. The Hall–Kier alpha value is -2.87. The fourth-order valence-corrected chi connectivity index (χ4v) is 3.28. The van der Waals surface area contributed by atoms with Gasteiger partial charge in [-0.2, -0.15) is 0 Å². The van der Waals surface area contributed by atoms with E-state index >= 15 is 0 Å². The number of rotatable bonds is 11. The molecule has 7 heteroatoms.